The maximum Gasteiger partial charge on any atom is 0.278 e. The molecule has 20 heavy (non-hydrogen) atoms. The first-order chi connectivity index (χ1) is 9.58. The van der Waals surface area contributed by atoms with Crippen LogP contribution in [0.4, 0.5) is 0 Å². The Morgan fingerprint density at radius 2 is 2.05 bits per heavy atom. The summed E-state index contributed by atoms with van der Waals surface area (Å²) in [5, 5.41) is 13.1. The quantitative estimate of drug-likeness (QED) is 0.562. The molecule has 0 bridgehead atoms. The maximum atomic E-state index is 11.7. The molecule has 0 radical (unpaired) electrons. The first-order valence-corrected chi connectivity index (χ1v) is 5.74. The first kappa shape index (κ1) is 13.5. The van der Waals surface area contributed by atoms with Crippen LogP contribution in [0.3, 0.4) is 0 Å². The van der Waals surface area contributed by atoms with Crippen molar-refractivity contribution in [2.75, 3.05) is 0 Å². The zero-order valence-electron chi connectivity index (χ0n) is 10.6. The van der Waals surface area contributed by atoms with E-state index in [1.807, 2.05) is 0 Å². The molecule has 102 valence electrons. The summed E-state index contributed by atoms with van der Waals surface area (Å²) in [6, 6.07) is 6.36. The van der Waals surface area contributed by atoms with Crippen molar-refractivity contribution in [2.24, 2.45) is 5.10 Å². The molecule has 0 atom stereocenters. The van der Waals surface area contributed by atoms with E-state index >= 15 is 0 Å². The van der Waals surface area contributed by atoms with Gasteiger partial charge in [-0.2, -0.15) is 5.10 Å². The molecular weight excluding hydrogens is 260 g/mol. The summed E-state index contributed by atoms with van der Waals surface area (Å²) in [5.74, 6) is -0.495. The number of hydrogen-bond donors (Lipinski definition) is 3. The number of hydrazone groups is 1. The number of carbonyl (C=O) groups is 1. The van der Waals surface area contributed by atoms with Crippen molar-refractivity contribution in [1.29, 1.82) is 0 Å². The Morgan fingerprint density at radius 3 is 2.70 bits per heavy atom. The summed E-state index contributed by atoms with van der Waals surface area (Å²) in [4.78, 5) is 29.1. The van der Waals surface area contributed by atoms with E-state index in [-0.39, 0.29) is 11.3 Å². The van der Waals surface area contributed by atoms with E-state index in [2.05, 4.69) is 20.5 Å². The van der Waals surface area contributed by atoms with Crippen molar-refractivity contribution in [3.8, 4) is 5.75 Å². The van der Waals surface area contributed by atoms with Gasteiger partial charge in [-0.25, -0.2) is 10.4 Å². The molecular formula is C13H12N4O3. The Kier molecular flexibility index (Phi) is 3.90. The first-order valence-electron chi connectivity index (χ1n) is 5.74. The molecule has 7 nitrogen and oxygen atoms in total. The highest BCUT2D eigenvalue weighted by Crippen LogP contribution is 2.10. The topological polar surface area (TPSA) is 107 Å². The van der Waals surface area contributed by atoms with Gasteiger partial charge in [-0.05, 0) is 36.8 Å². The predicted octanol–water partition coefficient (Wildman–Crippen LogP) is 0.629. The van der Waals surface area contributed by atoms with Crippen LogP contribution in [0, 0.1) is 0 Å². The van der Waals surface area contributed by atoms with E-state index in [1.165, 1.54) is 24.7 Å². The highest BCUT2D eigenvalue weighted by molar-refractivity contribution is 6.00. The van der Waals surface area contributed by atoms with Crippen LogP contribution in [-0.2, 0) is 0 Å². The molecule has 1 heterocycles. The number of H-pyrrole nitrogens is 1. The minimum Gasteiger partial charge on any atom is -0.508 e. The Hall–Kier alpha value is -2.96. The van der Waals surface area contributed by atoms with Crippen molar-refractivity contribution >= 4 is 11.6 Å². The van der Waals surface area contributed by atoms with Gasteiger partial charge >= 0.3 is 0 Å². The fourth-order valence-electron chi connectivity index (χ4n) is 1.47. The van der Waals surface area contributed by atoms with Gasteiger partial charge in [-0.1, -0.05) is 0 Å². The van der Waals surface area contributed by atoms with E-state index in [1.54, 1.807) is 19.1 Å². The van der Waals surface area contributed by atoms with Gasteiger partial charge in [0.15, 0.2) is 0 Å². The van der Waals surface area contributed by atoms with Gasteiger partial charge in [0.2, 0.25) is 0 Å². The number of amides is 1. The molecule has 0 aliphatic rings. The molecule has 0 aliphatic carbocycles. The van der Waals surface area contributed by atoms with E-state index in [4.69, 9.17) is 0 Å². The standard InChI is InChI=1S/C13H12N4O3/c1-8(9-2-4-10(18)5-3-9)16-17-13(20)11-6-14-7-15-12(11)19/h2-7,18H,1H3,(H,17,20)(H,14,15,19)/b16-8-. The monoisotopic (exact) mass is 272 g/mol. The third kappa shape index (κ3) is 3.08. The lowest BCUT2D eigenvalue weighted by Gasteiger charge is -2.02. The zero-order valence-corrected chi connectivity index (χ0v) is 10.6. The lowest BCUT2D eigenvalue weighted by Crippen LogP contribution is -2.27. The van der Waals surface area contributed by atoms with Crippen LogP contribution in [0.15, 0.2) is 46.7 Å². The zero-order chi connectivity index (χ0) is 14.5. The summed E-state index contributed by atoms with van der Waals surface area (Å²) in [6.45, 7) is 1.69. The molecule has 1 aromatic carbocycles. The third-order valence-electron chi connectivity index (χ3n) is 2.57. The lowest BCUT2D eigenvalue weighted by atomic mass is 10.1. The molecule has 0 unspecified atom stereocenters. The number of aromatic nitrogens is 2. The van der Waals surface area contributed by atoms with Crippen molar-refractivity contribution < 1.29 is 9.90 Å². The van der Waals surface area contributed by atoms with Crippen molar-refractivity contribution in [2.45, 2.75) is 6.92 Å². The number of aromatic hydroxyl groups is 1. The molecule has 3 N–H and O–H groups in total. The number of hydrogen-bond acceptors (Lipinski definition) is 5. The SMILES string of the molecule is C/C(=N/NC(=O)c1cnc[nH]c1=O)c1ccc(O)cc1. The molecule has 0 saturated carbocycles. The van der Waals surface area contributed by atoms with E-state index in [0.717, 1.165) is 5.56 Å². The third-order valence-corrected chi connectivity index (χ3v) is 2.57. The van der Waals surface area contributed by atoms with Gasteiger partial charge in [0.05, 0.1) is 12.0 Å². The summed E-state index contributed by atoms with van der Waals surface area (Å²) in [7, 11) is 0. The minimum atomic E-state index is -0.641. The molecule has 0 fully saturated rings. The molecule has 1 aromatic heterocycles. The summed E-state index contributed by atoms with van der Waals surface area (Å²) in [5.41, 5.74) is 2.91. The number of aromatic amines is 1. The fourth-order valence-corrected chi connectivity index (χ4v) is 1.47. The second-order valence-corrected chi connectivity index (χ2v) is 3.98. The number of phenolic OH excluding ortho intramolecular Hbond substituents is 1. The summed E-state index contributed by atoms with van der Waals surface area (Å²) in [6.07, 6.45) is 2.36. The Labute approximate surface area is 114 Å². The number of benzene rings is 1. The van der Waals surface area contributed by atoms with Gasteiger partial charge in [0, 0.05) is 6.20 Å². The number of phenols is 1. The van der Waals surface area contributed by atoms with Crippen molar-refractivity contribution in [1.82, 2.24) is 15.4 Å². The summed E-state index contributed by atoms with van der Waals surface area (Å²) < 4.78 is 0. The van der Waals surface area contributed by atoms with E-state index < -0.39 is 11.5 Å². The molecule has 2 aromatic rings. The van der Waals surface area contributed by atoms with E-state index in [0.29, 0.717) is 5.71 Å². The predicted molar refractivity (Wildman–Crippen MR) is 72.6 cm³/mol. The largest absolute Gasteiger partial charge is 0.508 e. The number of rotatable bonds is 3. The van der Waals surface area contributed by atoms with Crippen molar-refractivity contribution in [3.05, 3.63) is 58.3 Å². The van der Waals surface area contributed by atoms with Crippen LogP contribution in [0.1, 0.15) is 22.8 Å². The smallest absolute Gasteiger partial charge is 0.278 e. The van der Waals surface area contributed by atoms with Crippen molar-refractivity contribution in [3.63, 3.8) is 0 Å². The number of carbonyl (C=O) groups excluding carboxylic acids is 1. The fraction of sp³-hybridized carbons (Fsp3) is 0.0769. The average molecular weight is 272 g/mol. The Bertz CT molecular complexity index is 704. The van der Waals surface area contributed by atoms with Crippen LogP contribution < -0.4 is 11.0 Å². The highest BCUT2D eigenvalue weighted by atomic mass is 16.3. The van der Waals surface area contributed by atoms with Gasteiger partial charge in [0.1, 0.15) is 11.3 Å². The van der Waals surface area contributed by atoms with Crippen LogP contribution in [0.25, 0.3) is 0 Å². The second kappa shape index (κ2) is 5.79. The maximum absolute atomic E-state index is 11.7. The molecule has 0 saturated heterocycles. The second-order valence-electron chi connectivity index (χ2n) is 3.98. The molecule has 2 rings (SSSR count). The van der Waals surface area contributed by atoms with Crippen LogP contribution in [-0.4, -0.2) is 26.7 Å². The normalized spacial score (nSPS) is 11.2. The van der Waals surface area contributed by atoms with E-state index in [9.17, 15) is 14.7 Å². The average Bonchev–Trinajstić information content (AvgIpc) is 2.45. The van der Waals surface area contributed by atoms with Crippen LogP contribution >= 0.6 is 0 Å². The number of nitrogens with one attached hydrogen (secondary N) is 2. The highest BCUT2D eigenvalue weighted by Gasteiger charge is 2.09. The number of nitrogens with zero attached hydrogens (tertiary/aromatic N) is 2. The van der Waals surface area contributed by atoms with Crippen LogP contribution in [0.2, 0.25) is 0 Å². The van der Waals surface area contributed by atoms with Gasteiger partial charge in [0.25, 0.3) is 11.5 Å². The summed E-state index contributed by atoms with van der Waals surface area (Å²) >= 11 is 0. The minimum absolute atomic E-state index is 0.116. The molecule has 0 spiro atoms. The lowest BCUT2D eigenvalue weighted by molar-refractivity contribution is 0.0953. The van der Waals surface area contributed by atoms with Gasteiger partial charge < -0.3 is 10.1 Å². The molecule has 1 amide bonds. The van der Waals surface area contributed by atoms with Gasteiger partial charge in [-0.3, -0.25) is 9.59 Å². The molecule has 0 aliphatic heterocycles. The van der Waals surface area contributed by atoms with Crippen LogP contribution in [0.5, 0.6) is 5.75 Å². The molecule has 7 heteroatoms. The Balaban J connectivity index is 2.13. The Morgan fingerprint density at radius 1 is 1.35 bits per heavy atom. The van der Waals surface area contributed by atoms with Gasteiger partial charge in [-0.15, -0.1) is 0 Å².